The Labute approximate surface area is 126 Å². The van der Waals surface area contributed by atoms with Gasteiger partial charge in [-0.25, -0.2) is 0 Å². The van der Waals surface area contributed by atoms with Crippen LogP contribution < -0.4 is 10.1 Å². The number of hydrogen-bond donors (Lipinski definition) is 1. The van der Waals surface area contributed by atoms with Crippen LogP contribution in [0.1, 0.15) is 18.4 Å². The first-order chi connectivity index (χ1) is 10.1. The largest absolute Gasteiger partial charge is 0.490 e. The van der Waals surface area contributed by atoms with E-state index in [0.717, 1.165) is 23.4 Å². The number of fused-ring (bicyclic) bond motifs is 1. The van der Waals surface area contributed by atoms with Crippen molar-refractivity contribution in [3.63, 3.8) is 0 Å². The van der Waals surface area contributed by atoms with Crippen molar-refractivity contribution in [2.45, 2.75) is 31.6 Å². The van der Waals surface area contributed by atoms with Gasteiger partial charge < -0.3 is 14.5 Å². The molecule has 1 aromatic carbocycles. The molecule has 0 bridgehead atoms. The number of aromatic nitrogens is 2. The third kappa shape index (κ3) is 3.36. The summed E-state index contributed by atoms with van der Waals surface area (Å²) in [5, 5.41) is 10.8. The van der Waals surface area contributed by atoms with E-state index < -0.39 is 0 Å². The van der Waals surface area contributed by atoms with E-state index in [1.807, 2.05) is 25.1 Å². The Bertz CT molecular complexity index is 671. The quantitative estimate of drug-likeness (QED) is 0.874. The Morgan fingerprint density at radius 1 is 1.48 bits per heavy atom. The number of benzene rings is 1. The molecular formula is C14H15N3O3S. The van der Waals surface area contributed by atoms with E-state index in [2.05, 4.69) is 15.5 Å². The highest BCUT2D eigenvalue weighted by Crippen LogP contribution is 2.31. The van der Waals surface area contributed by atoms with Crippen molar-refractivity contribution in [2.75, 3.05) is 11.1 Å². The summed E-state index contributed by atoms with van der Waals surface area (Å²) in [6, 6.07) is 5.69. The minimum Gasteiger partial charge on any atom is -0.490 e. The van der Waals surface area contributed by atoms with Crippen LogP contribution in [-0.4, -0.2) is 28.0 Å². The monoisotopic (exact) mass is 305 g/mol. The first-order valence-corrected chi connectivity index (χ1v) is 7.61. The number of nitrogens with one attached hydrogen (secondary N) is 1. The number of aryl methyl sites for hydroxylation is 1. The van der Waals surface area contributed by atoms with Crippen LogP contribution in [0.25, 0.3) is 0 Å². The second-order valence-electron chi connectivity index (χ2n) is 4.88. The lowest BCUT2D eigenvalue weighted by atomic mass is 10.1. The van der Waals surface area contributed by atoms with E-state index in [9.17, 15) is 4.79 Å². The van der Waals surface area contributed by atoms with Gasteiger partial charge in [0.2, 0.25) is 11.8 Å². The van der Waals surface area contributed by atoms with E-state index in [0.29, 0.717) is 11.1 Å². The van der Waals surface area contributed by atoms with Crippen LogP contribution >= 0.6 is 11.8 Å². The molecule has 0 saturated carbocycles. The summed E-state index contributed by atoms with van der Waals surface area (Å²) < 4.78 is 10.8. The van der Waals surface area contributed by atoms with Gasteiger partial charge in [0.1, 0.15) is 11.9 Å². The number of carbonyl (C=O) groups excluding carboxylic acids is 1. The van der Waals surface area contributed by atoms with Crippen LogP contribution in [0.5, 0.6) is 5.75 Å². The summed E-state index contributed by atoms with van der Waals surface area (Å²) in [6.45, 7) is 3.74. The maximum Gasteiger partial charge on any atom is 0.277 e. The molecule has 0 spiro atoms. The zero-order valence-corrected chi connectivity index (χ0v) is 12.6. The predicted octanol–water partition coefficient (Wildman–Crippen LogP) is 2.43. The second-order valence-corrected chi connectivity index (χ2v) is 5.81. The van der Waals surface area contributed by atoms with E-state index in [1.165, 1.54) is 11.8 Å². The highest BCUT2D eigenvalue weighted by Gasteiger charge is 2.19. The Balaban J connectivity index is 1.57. The molecule has 1 N–H and O–H groups in total. The van der Waals surface area contributed by atoms with Crippen molar-refractivity contribution in [1.82, 2.24) is 10.2 Å². The molecule has 110 valence electrons. The third-order valence-corrected chi connectivity index (χ3v) is 3.83. The van der Waals surface area contributed by atoms with Gasteiger partial charge in [0.15, 0.2) is 0 Å². The fourth-order valence-corrected chi connectivity index (χ4v) is 2.77. The molecule has 3 rings (SSSR count). The average molecular weight is 305 g/mol. The van der Waals surface area contributed by atoms with Crippen molar-refractivity contribution in [1.29, 1.82) is 0 Å². The summed E-state index contributed by atoms with van der Waals surface area (Å²) in [6.07, 6.45) is 1.07. The minimum absolute atomic E-state index is 0.109. The molecule has 2 heterocycles. The smallest absolute Gasteiger partial charge is 0.277 e. The molecule has 0 radical (unpaired) electrons. The molecule has 1 atom stereocenters. The van der Waals surface area contributed by atoms with Crippen molar-refractivity contribution in [3.8, 4) is 5.75 Å². The summed E-state index contributed by atoms with van der Waals surface area (Å²) >= 11 is 1.22. The Hall–Kier alpha value is -2.02. The summed E-state index contributed by atoms with van der Waals surface area (Å²) in [7, 11) is 0. The maximum atomic E-state index is 11.9. The number of nitrogens with zero attached hydrogens (tertiary/aromatic N) is 2. The van der Waals surface area contributed by atoms with Crippen molar-refractivity contribution >= 4 is 23.4 Å². The van der Waals surface area contributed by atoms with Crippen LogP contribution in [0, 0.1) is 6.92 Å². The molecule has 1 amide bonds. The number of rotatable bonds is 4. The number of carbonyl (C=O) groups is 1. The van der Waals surface area contributed by atoms with Gasteiger partial charge in [0.05, 0.1) is 5.75 Å². The van der Waals surface area contributed by atoms with Gasteiger partial charge in [-0.2, -0.15) is 0 Å². The Morgan fingerprint density at radius 3 is 3.10 bits per heavy atom. The molecule has 7 heteroatoms. The van der Waals surface area contributed by atoms with E-state index in [4.69, 9.17) is 9.15 Å². The summed E-state index contributed by atoms with van der Waals surface area (Å²) in [5.74, 6) is 1.51. The topological polar surface area (TPSA) is 77.2 Å². The highest BCUT2D eigenvalue weighted by molar-refractivity contribution is 7.99. The second kappa shape index (κ2) is 5.77. The van der Waals surface area contributed by atoms with Gasteiger partial charge >= 0.3 is 0 Å². The Kier molecular flexibility index (Phi) is 3.83. The van der Waals surface area contributed by atoms with E-state index in [-0.39, 0.29) is 17.8 Å². The van der Waals surface area contributed by atoms with Crippen LogP contribution in [0.4, 0.5) is 5.69 Å². The highest BCUT2D eigenvalue weighted by atomic mass is 32.2. The number of hydrogen-bond acceptors (Lipinski definition) is 6. The number of ether oxygens (including phenoxy) is 1. The molecule has 21 heavy (non-hydrogen) atoms. The maximum absolute atomic E-state index is 11.9. The van der Waals surface area contributed by atoms with Gasteiger partial charge in [0.25, 0.3) is 5.22 Å². The number of anilines is 1. The molecular weight excluding hydrogens is 290 g/mol. The molecule has 6 nitrogen and oxygen atoms in total. The molecule has 0 saturated heterocycles. The minimum atomic E-state index is -0.109. The fraction of sp³-hybridized carbons (Fsp3) is 0.357. The lowest BCUT2D eigenvalue weighted by molar-refractivity contribution is -0.113. The lowest BCUT2D eigenvalue weighted by Crippen LogP contribution is -2.14. The first kappa shape index (κ1) is 13.9. The molecule has 0 aliphatic carbocycles. The van der Waals surface area contributed by atoms with Crippen LogP contribution in [0.2, 0.25) is 0 Å². The van der Waals surface area contributed by atoms with E-state index in [1.54, 1.807) is 6.92 Å². The first-order valence-electron chi connectivity index (χ1n) is 6.62. The average Bonchev–Trinajstić information content (AvgIpc) is 3.01. The van der Waals surface area contributed by atoms with Crippen molar-refractivity contribution in [2.24, 2.45) is 0 Å². The molecule has 0 fully saturated rings. The van der Waals surface area contributed by atoms with Crippen molar-refractivity contribution in [3.05, 3.63) is 29.7 Å². The molecule has 1 aliphatic rings. The molecule has 1 unspecified atom stereocenters. The lowest BCUT2D eigenvalue weighted by Gasteiger charge is -2.06. The fourth-order valence-electron chi connectivity index (χ4n) is 2.16. The van der Waals surface area contributed by atoms with Crippen LogP contribution in [-0.2, 0) is 11.2 Å². The summed E-state index contributed by atoms with van der Waals surface area (Å²) in [4.78, 5) is 11.9. The van der Waals surface area contributed by atoms with Gasteiger partial charge in [-0.05, 0) is 30.7 Å². The van der Waals surface area contributed by atoms with Gasteiger partial charge in [-0.3, -0.25) is 4.79 Å². The predicted molar refractivity (Wildman–Crippen MR) is 78.6 cm³/mol. The standard InChI is InChI=1S/C14H15N3O3S/c1-8-5-10-6-11(3-4-12(10)19-8)15-13(18)7-21-14-17-16-9(2)20-14/h3-4,6,8H,5,7H2,1-2H3,(H,15,18). The number of amides is 1. The van der Waals surface area contributed by atoms with Crippen molar-refractivity contribution < 1.29 is 13.9 Å². The van der Waals surface area contributed by atoms with E-state index >= 15 is 0 Å². The normalized spacial score (nSPS) is 16.4. The summed E-state index contributed by atoms with van der Waals surface area (Å²) in [5.41, 5.74) is 1.90. The van der Waals surface area contributed by atoms with Gasteiger partial charge in [-0.1, -0.05) is 11.8 Å². The van der Waals surface area contributed by atoms with Gasteiger partial charge in [0, 0.05) is 19.0 Å². The third-order valence-electron chi connectivity index (χ3n) is 3.01. The number of thioether (sulfide) groups is 1. The zero-order valence-electron chi connectivity index (χ0n) is 11.8. The van der Waals surface area contributed by atoms with Crippen LogP contribution in [0.15, 0.2) is 27.8 Å². The van der Waals surface area contributed by atoms with Gasteiger partial charge in [-0.15, -0.1) is 10.2 Å². The SMILES string of the molecule is Cc1nnc(SCC(=O)Nc2ccc3c(c2)CC(C)O3)o1. The molecule has 2 aromatic rings. The van der Waals surface area contributed by atoms with Crippen LogP contribution in [0.3, 0.4) is 0 Å². The molecule has 1 aromatic heterocycles. The zero-order chi connectivity index (χ0) is 14.8. The Morgan fingerprint density at radius 2 is 2.33 bits per heavy atom. The molecule has 1 aliphatic heterocycles.